The number of nitrogens with one attached hydrogen (secondary N) is 2. The van der Waals surface area contributed by atoms with Crippen LogP contribution in [0.1, 0.15) is 15.9 Å². The van der Waals surface area contributed by atoms with Gasteiger partial charge in [0.15, 0.2) is 5.75 Å². The highest BCUT2D eigenvalue weighted by Gasteiger charge is 2.19. The SMILES string of the molecule is COc1c(Nc2cc(Cl)ncc2C(=O)N(C)OC)cccc1C(N)=NC=N. The number of benzene rings is 1. The number of hydrogen-bond donors (Lipinski definition) is 3. The second-order valence-corrected chi connectivity index (χ2v) is 5.58. The van der Waals surface area contributed by atoms with Crippen LogP contribution in [0.25, 0.3) is 0 Å². The zero-order valence-corrected chi connectivity index (χ0v) is 15.7. The van der Waals surface area contributed by atoms with Crippen molar-refractivity contribution < 1.29 is 14.4 Å². The Labute approximate surface area is 161 Å². The molecule has 1 aromatic carbocycles. The number of hydrogen-bond acceptors (Lipinski definition) is 6. The zero-order chi connectivity index (χ0) is 20.0. The molecule has 4 N–H and O–H groups in total. The van der Waals surface area contributed by atoms with E-state index in [-0.39, 0.29) is 16.6 Å². The quantitative estimate of drug-likeness (QED) is 0.288. The molecule has 0 bridgehead atoms. The molecule has 2 rings (SSSR count). The lowest BCUT2D eigenvalue weighted by Gasteiger charge is -2.19. The molecule has 0 atom stereocenters. The Morgan fingerprint density at radius 2 is 2.11 bits per heavy atom. The highest BCUT2D eigenvalue weighted by atomic mass is 35.5. The monoisotopic (exact) mass is 390 g/mol. The van der Waals surface area contributed by atoms with E-state index in [0.29, 0.717) is 22.7 Å². The summed E-state index contributed by atoms with van der Waals surface area (Å²) in [5, 5.41) is 11.5. The van der Waals surface area contributed by atoms with E-state index in [1.165, 1.54) is 33.5 Å². The number of para-hydroxylation sites is 1. The van der Waals surface area contributed by atoms with Crippen LogP contribution in [0.15, 0.2) is 35.5 Å². The van der Waals surface area contributed by atoms with E-state index in [1.54, 1.807) is 18.2 Å². The van der Waals surface area contributed by atoms with Crippen molar-refractivity contribution in [3.05, 3.63) is 46.7 Å². The van der Waals surface area contributed by atoms with Gasteiger partial charge in [-0.25, -0.2) is 15.0 Å². The van der Waals surface area contributed by atoms with Crippen LogP contribution in [0.2, 0.25) is 5.15 Å². The number of nitrogens with zero attached hydrogens (tertiary/aromatic N) is 3. The Bertz CT molecular complexity index is 887. The van der Waals surface area contributed by atoms with Crippen molar-refractivity contribution in [1.82, 2.24) is 10.0 Å². The maximum atomic E-state index is 12.5. The van der Waals surface area contributed by atoms with Crippen molar-refractivity contribution >= 4 is 41.1 Å². The van der Waals surface area contributed by atoms with E-state index in [0.717, 1.165) is 11.4 Å². The Hall–Kier alpha value is -3.17. The Morgan fingerprint density at radius 3 is 2.74 bits per heavy atom. The predicted octanol–water partition coefficient (Wildman–Crippen LogP) is 2.43. The van der Waals surface area contributed by atoms with Crippen LogP contribution in [0.3, 0.4) is 0 Å². The van der Waals surface area contributed by atoms with Crippen molar-refractivity contribution in [3.63, 3.8) is 0 Å². The second kappa shape index (κ2) is 8.97. The van der Waals surface area contributed by atoms with E-state index >= 15 is 0 Å². The van der Waals surface area contributed by atoms with Crippen molar-refractivity contribution in [3.8, 4) is 5.75 Å². The Balaban J connectivity index is 2.53. The molecule has 0 aliphatic rings. The lowest BCUT2D eigenvalue weighted by Crippen LogP contribution is -2.26. The van der Waals surface area contributed by atoms with Gasteiger partial charge in [-0.2, -0.15) is 0 Å². The summed E-state index contributed by atoms with van der Waals surface area (Å²) in [4.78, 5) is 25.2. The molecular weight excluding hydrogens is 372 g/mol. The van der Waals surface area contributed by atoms with E-state index in [9.17, 15) is 4.79 Å². The summed E-state index contributed by atoms with van der Waals surface area (Å²) in [6, 6.07) is 6.69. The summed E-state index contributed by atoms with van der Waals surface area (Å²) in [6.45, 7) is 0. The largest absolute Gasteiger partial charge is 0.494 e. The summed E-state index contributed by atoms with van der Waals surface area (Å²) in [5.41, 5.74) is 7.56. The van der Waals surface area contributed by atoms with Gasteiger partial charge in [0, 0.05) is 13.2 Å². The number of nitrogens with two attached hydrogens (primary N) is 1. The number of pyridine rings is 1. The fraction of sp³-hybridized carbons (Fsp3) is 0.176. The number of hydroxylamine groups is 2. The van der Waals surface area contributed by atoms with E-state index < -0.39 is 5.91 Å². The van der Waals surface area contributed by atoms with Crippen LogP contribution in [0.4, 0.5) is 11.4 Å². The van der Waals surface area contributed by atoms with Gasteiger partial charge in [0.1, 0.15) is 17.3 Å². The van der Waals surface area contributed by atoms with Crippen LogP contribution < -0.4 is 15.8 Å². The van der Waals surface area contributed by atoms with Crippen molar-refractivity contribution in [2.45, 2.75) is 0 Å². The molecule has 0 saturated carbocycles. The minimum atomic E-state index is -0.413. The van der Waals surface area contributed by atoms with Gasteiger partial charge in [0.25, 0.3) is 5.91 Å². The van der Waals surface area contributed by atoms with Gasteiger partial charge in [-0.1, -0.05) is 17.7 Å². The first-order valence-electron chi connectivity index (χ1n) is 7.67. The third-order valence-electron chi connectivity index (χ3n) is 3.63. The number of anilines is 2. The maximum absolute atomic E-state index is 12.5. The van der Waals surface area contributed by atoms with E-state index in [4.69, 9.17) is 32.3 Å². The minimum Gasteiger partial charge on any atom is -0.494 e. The summed E-state index contributed by atoms with van der Waals surface area (Å²) >= 11 is 6.00. The third-order valence-corrected chi connectivity index (χ3v) is 3.84. The molecule has 0 saturated heterocycles. The van der Waals surface area contributed by atoms with Crippen molar-refractivity contribution in [1.29, 1.82) is 5.41 Å². The molecule has 0 radical (unpaired) electrons. The number of rotatable bonds is 7. The number of carbonyl (C=O) groups excluding carboxylic acids is 1. The average molecular weight is 391 g/mol. The molecule has 1 heterocycles. The fourth-order valence-corrected chi connectivity index (χ4v) is 2.46. The van der Waals surface area contributed by atoms with Crippen LogP contribution in [0, 0.1) is 5.41 Å². The number of carbonyl (C=O) groups is 1. The molecule has 0 aliphatic carbocycles. The number of amides is 1. The van der Waals surface area contributed by atoms with Crippen molar-refractivity contribution in [2.75, 3.05) is 26.6 Å². The number of ether oxygens (including phenoxy) is 1. The van der Waals surface area contributed by atoms with Crippen LogP contribution in [-0.2, 0) is 4.84 Å². The lowest BCUT2D eigenvalue weighted by atomic mass is 10.1. The van der Waals surface area contributed by atoms with Crippen LogP contribution in [0.5, 0.6) is 5.75 Å². The van der Waals surface area contributed by atoms with E-state index in [2.05, 4.69) is 15.3 Å². The van der Waals surface area contributed by atoms with Gasteiger partial charge in [-0.05, 0) is 18.2 Å². The number of aromatic nitrogens is 1. The first-order chi connectivity index (χ1) is 12.9. The molecular formula is C17H19ClN6O3. The first kappa shape index (κ1) is 20.1. The summed E-state index contributed by atoms with van der Waals surface area (Å²) < 4.78 is 5.45. The topological polar surface area (TPSA) is 126 Å². The Kier molecular flexibility index (Phi) is 6.69. The highest BCUT2D eigenvalue weighted by molar-refractivity contribution is 6.29. The maximum Gasteiger partial charge on any atom is 0.280 e. The van der Waals surface area contributed by atoms with Crippen molar-refractivity contribution in [2.24, 2.45) is 10.7 Å². The highest BCUT2D eigenvalue weighted by Crippen LogP contribution is 2.33. The normalized spacial score (nSPS) is 11.0. The van der Waals surface area contributed by atoms with Gasteiger partial charge >= 0.3 is 0 Å². The second-order valence-electron chi connectivity index (χ2n) is 5.19. The molecule has 0 fully saturated rings. The number of halogens is 1. The molecule has 0 aliphatic heterocycles. The van der Waals surface area contributed by atoms with E-state index in [1.807, 2.05) is 0 Å². The molecule has 27 heavy (non-hydrogen) atoms. The molecule has 142 valence electrons. The standard InChI is InChI=1S/C17H19ClN6O3/c1-24(27-3)17(25)11-8-21-14(18)7-13(11)23-12-6-4-5-10(15(12)26-2)16(20)22-9-19/h4-9H,1-3H3,(H,21,23)(H3,19,20,22). The minimum absolute atomic E-state index is 0.119. The van der Waals surface area contributed by atoms with Gasteiger partial charge in [-0.3, -0.25) is 15.0 Å². The van der Waals surface area contributed by atoms with Crippen LogP contribution >= 0.6 is 11.6 Å². The molecule has 10 heteroatoms. The smallest absolute Gasteiger partial charge is 0.280 e. The molecule has 1 amide bonds. The number of aliphatic imine (C=N–C) groups is 1. The Morgan fingerprint density at radius 1 is 1.37 bits per heavy atom. The van der Waals surface area contributed by atoms with Gasteiger partial charge in [-0.15, -0.1) is 0 Å². The number of amidine groups is 1. The average Bonchev–Trinajstić information content (AvgIpc) is 2.67. The van der Waals surface area contributed by atoms with Gasteiger partial charge < -0.3 is 15.8 Å². The first-order valence-corrected chi connectivity index (χ1v) is 8.05. The molecule has 2 aromatic rings. The zero-order valence-electron chi connectivity index (χ0n) is 15.0. The molecule has 1 aromatic heterocycles. The summed E-state index contributed by atoms with van der Waals surface area (Å²) in [6.07, 6.45) is 2.19. The molecule has 0 unspecified atom stereocenters. The molecule has 0 spiro atoms. The summed E-state index contributed by atoms with van der Waals surface area (Å²) in [7, 11) is 4.34. The van der Waals surface area contributed by atoms with Gasteiger partial charge in [0.05, 0.1) is 36.7 Å². The fourth-order valence-electron chi connectivity index (χ4n) is 2.30. The van der Waals surface area contributed by atoms with Gasteiger partial charge in [0.2, 0.25) is 0 Å². The summed E-state index contributed by atoms with van der Waals surface area (Å²) in [5.74, 6) is 0.102. The third kappa shape index (κ3) is 4.52. The lowest BCUT2D eigenvalue weighted by molar-refractivity contribution is -0.0756. The predicted molar refractivity (Wildman–Crippen MR) is 104 cm³/mol. The number of methoxy groups -OCH3 is 1. The van der Waals surface area contributed by atoms with Crippen LogP contribution in [-0.4, -0.2) is 49.4 Å². The molecule has 9 nitrogen and oxygen atoms in total.